The van der Waals surface area contributed by atoms with E-state index < -0.39 is 16.0 Å². The summed E-state index contributed by atoms with van der Waals surface area (Å²) < 4.78 is 31.1. The van der Waals surface area contributed by atoms with Gasteiger partial charge in [-0.25, -0.2) is 18.2 Å². The molecule has 39 heavy (non-hydrogen) atoms. The zero-order chi connectivity index (χ0) is 27.8. The van der Waals surface area contributed by atoms with Crippen molar-refractivity contribution in [3.05, 3.63) is 11.1 Å². The number of amides is 2. The van der Waals surface area contributed by atoms with Crippen LogP contribution in [0.25, 0.3) is 0 Å². The molecular formula is C27H45N5O5S2. The average molecular weight is 584 g/mol. The fraction of sp³-hybridized carbons (Fsp3) is 0.815. The molecule has 2 heterocycles. The Labute approximate surface area is 237 Å². The van der Waals surface area contributed by atoms with Crippen LogP contribution in [-0.4, -0.2) is 90.6 Å². The monoisotopic (exact) mass is 583 g/mol. The molecule has 0 spiro atoms. The number of hydrogen-bond donors (Lipinski definition) is 1. The maximum absolute atomic E-state index is 13.6. The van der Waals surface area contributed by atoms with Gasteiger partial charge >= 0.3 is 12.0 Å². The molecule has 220 valence electrons. The molecule has 0 atom stereocenters. The summed E-state index contributed by atoms with van der Waals surface area (Å²) in [6.45, 7) is 4.97. The Kier molecular flexibility index (Phi) is 11.0. The van der Waals surface area contributed by atoms with Crippen LogP contribution in [0.1, 0.15) is 82.4 Å². The highest BCUT2D eigenvalue weighted by Gasteiger charge is 2.34. The highest BCUT2D eigenvalue weighted by atomic mass is 32.2. The van der Waals surface area contributed by atoms with Crippen molar-refractivity contribution < 1.29 is 22.7 Å². The van der Waals surface area contributed by atoms with Gasteiger partial charge in [0.15, 0.2) is 5.13 Å². The van der Waals surface area contributed by atoms with Gasteiger partial charge < -0.3 is 9.64 Å². The molecule has 0 unspecified atom stereocenters. The van der Waals surface area contributed by atoms with Gasteiger partial charge in [0, 0.05) is 55.9 Å². The maximum Gasteiger partial charge on any atom is 0.324 e. The van der Waals surface area contributed by atoms with E-state index in [0.29, 0.717) is 49.9 Å². The Balaban J connectivity index is 1.30. The van der Waals surface area contributed by atoms with Crippen LogP contribution in [0.2, 0.25) is 0 Å². The van der Waals surface area contributed by atoms with Crippen molar-refractivity contribution in [1.82, 2.24) is 19.1 Å². The SMILES string of the molecule is COC(=O)CCS(=O)(=O)N1CCN(Cc2cnc(NC(=O)N(C3CCCCCC3)C3CCC(C)CC3)s2)CC1. The minimum Gasteiger partial charge on any atom is -0.469 e. The van der Waals surface area contributed by atoms with Gasteiger partial charge in [0.25, 0.3) is 0 Å². The van der Waals surface area contributed by atoms with Crippen LogP contribution >= 0.6 is 11.3 Å². The minimum absolute atomic E-state index is 0.00636. The van der Waals surface area contributed by atoms with Crippen molar-refractivity contribution in [3.8, 4) is 0 Å². The first-order chi connectivity index (χ1) is 18.7. The summed E-state index contributed by atoms with van der Waals surface area (Å²) in [5.74, 6) is -0.00495. The van der Waals surface area contributed by atoms with Crippen molar-refractivity contribution in [2.45, 2.75) is 96.2 Å². The molecule has 1 saturated heterocycles. The van der Waals surface area contributed by atoms with Gasteiger partial charge in [0.05, 0.1) is 19.3 Å². The molecule has 10 nitrogen and oxygen atoms in total. The van der Waals surface area contributed by atoms with Crippen molar-refractivity contribution in [3.63, 3.8) is 0 Å². The average Bonchev–Trinajstić information content (AvgIpc) is 3.18. The van der Waals surface area contributed by atoms with Crippen molar-refractivity contribution in [1.29, 1.82) is 0 Å². The molecule has 4 rings (SSSR count). The summed E-state index contributed by atoms with van der Waals surface area (Å²) in [6, 6.07) is 0.614. The normalized spacial score (nSPS) is 24.2. The van der Waals surface area contributed by atoms with E-state index >= 15 is 0 Å². The summed E-state index contributed by atoms with van der Waals surface area (Å²) in [5.41, 5.74) is 0. The van der Waals surface area contributed by atoms with Gasteiger partial charge in [-0.3, -0.25) is 15.0 Å². The van der Waals surface area contributed by atoms with Gasteiger partial charge in [0.2, 0.25) is 10.0 Å². The topological polar surface area (TPSA) is 112 Å². The first-order valence-corrected chi connectivity index (χ1v) is 17.0. The Morgan fingerprint density at radius 1 is 1.03 bits per heavy atom. The van der Waals surface area contributed by atoms with Crippen LogP contribution < -0.4 is 5.32 Å². The molecule has 3 fully saturated rings. The number of thiazole rings is 1. The van der Waals surface area contributed by atoms with Crippen molar-refractivity contribution >= 4 is 38.5 Å². The number of nitrogens with zero attached hydrogens (tertiary/aromatic N) is 4. The lowest BCUT2D eigenvalue weighted by atomic mass is 9.85. The smallest absolute Gasteiger partial charge is 0.324 e. The van der Waals surface area contributed by atoms with E-state index in [4.69, 9.17) is 0 Å². The lowest BCUT2D eigenvalue weighted by Crippen LogP contribution is -2.50. The van der Waals surface area contributed by atoms with Crippen LogP contribution in [0.3, 0.4) is 0 Å². The number of ether oxygens (including phenoxy) is 1. The van der Waals surface area contributed by atoms with Crippen LogP contribution in [0.15, 0.2) is 6.20 Å². The molecule has 0 bridgehead atoms. The number of urea groups is 1. The molecule has 2 aliphatic carbocycles. The van der Waals surface area contributed by atoms with Crippen molar-refractivity contribution in [2.75, 3.05) is 44.4 Å². The van der Waals surface area contributed by atoms with E-state index in [1.54, 1.807) is 0 Å². The lowest BCUT2D eigenvalue weighted by Gasteiger charge is -2.40. The number of nitrogens with one attached hydrogen (secondary N) is 1. The molecule has 2 amide bonds. The van der Waals surface area contributed by atoms with Crippen LogP contribution in [0.4, 0.5) is 9.93 Å². The fourth-order valence-electron chi connectivity index (χ4n) is 6.11. The van der Waals surface area contributed by atoms with Crippen LogP contribution in [0.5, 0.6) is 0 Å². The van der Waals surface area contributed by atoms with Crippen molar-refractivity contribution in [2.24, 2.45) is 5.92 Å². The Bertz CT molecular complexity index is 1040. The summed E-state index contributed by atoms with van der Waals surface area (Å²) in [4.78, 5) is 34.9. The largest absolute Gasteiger partial charge is 0.469 e. The van der Waals surface area contributed by atoms with Crippen LogP contribution in [0, 0.1) is 5.92 Å². The Hall–Kier alpha value is -1.76. The molecule has 1 aromatic rings. The number of aromatic nitrogens is 1. The number of carbonyl (C=O) groups excluding carboxylic acids is 2. The molecule has 3 aliphatic rings. The van der Waals surface area contributed by atoms with E-state index in [2.05, 4.69) is 31.8 Å². The second kappa shape index (κ2) is 14.2. The predicted octanol–water partition coefficient (Wildman–Crippen LogP) is 4.29. The summed E-state index contributed by atoms with van der Waals surface area (Å²) in [6.07, 6.45) is 13.3. The summed E-state index contributed by atoms with van der Waals surface area (Å²) in [7, 11) is -2.22. The molecule has 1 aromatic heterocycles. The molecule has 0 radical (unpaired) electrons. The number of methoxy groups -OCH3 is 1. The summed E-state index contributed by atoms with van der Waals surface area (Å²) >= 11 is 1.50. The maximum atomic E-state index is 13.6. The first kappa shape index (κ1) is 30.2. The number of carbonyl (C=O) groups is 2. The van der Waals surface area contributed by atoms with E-state index in [1.165, 1.54) is 61.3 Å². The molecule has 2 saturated carbocycles. The minimum atomic E-state index is -3.48. The van der Waals surface area contributed by atoms with E-state index in [-0.39, 0.29) is 18.2 Å². The number of anilines is 1. The number of sulfonamides is 1. The lowest BCUT2D eigenvalue weighted by molar-refractivity contribution is -0.140. The zero-order valence-corrected chi connectivity index (χ0v) is 25.1. The quantitative estimate of drug-likeness (QED) is 0.341. The van der Waals surface area contributed by atoms with E-state index in [0.717, 1.165) is 36.5 Å². The van der Waals surface area contributed by atoms with Gasteiger partial charge in [-0.1, -0.05) is 32.6 Å². The third-order valence-corrected chi connectivity index (χ3v) is 11.3. The third-order valence-electron chi connectivity index (χ3n) is 8.49. The third kappa shape index (κ3) is 8.61. The highest BCUT2D eigenvalue weighted by molar-refractivity contribution is 7.89. The standard InChI is InChI=1S/C27H45N5O5S2/c1-21-9-11-23(12-10-21)32(22-7-5-3-4-6-8-22)27(34)29-26-28-19-24(38-26)20-30-14-16-31(17-15-30)39(35,36)18-13-25(33)37-2/h19,21-23H,3-18,20H2,1-2H3,(H,28,29,34). The Morgan fingerprint density at radius 3 is 2.31 bits per heavy atom. The van der Waals surface area contributed by atoms with E-state index in [1.807, 2.05) is 6.20 Å². The van der Waals surface area contributed by atoms with E-state index in [9.17, 15) is 18.0 Å². The van der Waals surface area contributed by atoms with Crippen LogP contribution in [-0.2, 0) is 26.1 Å². The molecule has 0 aromatic carbocycles. The zero-order valence-electron chi connectivity index (χ0n) is 23.5. The predicted molar refractivity (Wildman–Crippen MR) is 153 cm³/mol. The Morgan fingerprint density at radius 2 is 1.67 bits per heavy atom. The summed E-state index contributed by atoms with van der Waals surface area (Å²) in [5, 5.41) is 3.76. The van der Waals surface area contributed by atoms with Gasteiger partial charge in [0.1, 0.15) is 0 Å². The fourth-order valence-corrected chi connectivity index (χ4v) is 8.36. The number of hydrogen-bond acceptors (Lipinski definition) is 8. The molecule has 12 heteroatoms. The second-order valence-electron chi connectivity index (χ2n) is 11.3. The van der Waals surface area contributed by atoms with Gasteiger partial charge in [-0.2, -0.15) is 4.31 Å². The number of esters is 1. The second-order valence-corrected chi connectivity index (χ2v) is 14.5. The number of piperazine rings is 1. The highest BCUT2D eigenvalue weighted by Crippen LogP contribution is 2.33. The molecular weight excluding hydrogens is 538 g/mol. The molecule has 1 aliphatic heterocycles. The van der Waals surface area contributed by atoms with Gasteiger partial charge in [-0.15, -0.1) is 11.3 Å². The number of rotatable bonds is 9. The van der Waals surface area contributed by atoms with Gasteiger partial charge in [-0.05, 0) is 44.4 Å². The first-order valence-electron chi connectivity index (χ1n) is 14.6. The molecule has 1 N–H and O–H groups in total.